The lowest BCUT2D eigenvalue weighted by Crippen LogP contribution is -2.35. The number of methoxy groups -OCH3 is 1. The summed E-state index contributed by atoms with van der Waals surface area (Å²) in [5.41, 5.74) is 5.70. The van der Waals surface area contributed by atoms with Crippen LogP contribution in [0.15, 0.2) is 24.3 Å². The summed E-state index contributed by atoms with van der Waals surface area (Å²) in [5.74, 6) is -0.567. The van der Waals surface area contributed by atoms with Gasteiger partial charge < -0.3 is 10.5 Å². The molecule has 1 unspecified atom stereocenters. The van der Waals surface area contributed by atoms with Crippen molar-refractivity contribution in [2.75, 3.05) is 17.6 Å². The van der Waals surface area contributed by atoms with Crippen LogP contribution in [0.4, 0.5) is 5.69 Å². The van der Waals surface area contributed by atoms with Crippen LogP contribution in [0.3, 0.4) is 0 Å². The summed E-state index contributed by atoms with van der Waals surface area (Å²) in [6, 6.07) is 6.58. The fourth-order valence-corrected chi connectivity index (χ4v) is 3.03. The highest BCUT2D eigenvalue weighted by Gasteiger charge is 2.27. The lowest BCUT2D eigenvalue weighted by molar-refractivity contribution is -0.122. The van der Waals surface area contributed by atoms with Crippen LogP contribution in [0.2, 0.25) is 0 Å². The molecule has 0 saturated carbocycles. The van der Waals surface area contributed by atoms with Crippen molar-refractivity contribution < 1.29 is 17.9 Å². The fourth-order valence-electron chi connectivity index (χ4n) is 1.70. The van der Waals surface area contributed by atoms with E-state index < -0.39 is 27.4 Å². The molecule has 0 aliphatic carbocycles. The molecule has 0 aliphatic heterocycles. The Morgan fingerprint density at radius 1 is 1.33 bits per heavy atom. The number of ether oxygens (including phenoxy) is 1. The molecule has 1 amide bonds. The molecule has 7 heteroatoms. The van der Waals surface area contributed by atoms with E-state index in [2.05, 4.69) is 4.72 Å². The molecule has 1 aromatic carbocycles. The summed E-state index contributed by atoms with van der Waals surface area (Å²) in [6.45, 7) is 5.11. The summed E-state index contributed by atoms with van der Waals surface area (Å²) < 4.78 is 31.2. The maximum atomic E-state index is 11.9. The third-order valence-electron chi connectivity index (χ3n) is 3.35. The lowest BCUT2D eigenvalue weighted by atomic mass is 9.84. The van der Waals surface area contributed by atoms with Crippen molar-refractivity contribution in [3.63, 3.8) is 0 Å². The Balaban J connectivity index is 2.87. The van der Waals surface area contributed by atoms with Gasteiger partial charge in [-0.1, -0.05) is 12.1 Å². The van der Waals surface area contributed by atoms with E-state index in [-0.39, 0.29) is 5.75 Å². The normalized spacial score (nSPS) is 13.7. The molecule has 0 radical (unpaired) electrons. The van der Waals surface area contributed by atoms with Crippen molar-refractivity contribution in [2.45, 2.75) is 32.3 Å². The van der Waals surface area contributed by atoms with Crippen molar-refractivity contribution in [1.82, 2.24) is 0 Å². The zero-order valence-corrected chi connectivity index (χ0v) is 13.5. The molecule has 1 rings (SSSR count). The second kappa shape index (κ2) is 6.44. The van der Waals surface area contributed by atoms with Crippen molar-refractivity contribution in [3.8, 4) is 0 Å². The Kier molecular flexibility index (Phi) is 5.36. The van der Waals surface area contributed by atoms with E-state index in [1.807, 2.05) is 0 Å². The van der Waals surface area contributed by atoms with Crippen LogP contribution in [0.25, 0.3) is 0 Å². The molecule has 1 aromatic rings. The van der Waals surface area contributed by atoms with Crippen molar-refractivity contribution in [3.05, 3.63) is 29.8 Å². The number of rotatable bonds is 7. The molecule has 0 saturated heterocycles. The van der Waals surface area contributed by atoms with Crippen LogP contribution in [0, 0.1) is 0 Å². The zero-order chi connectivity index (χ0) is 16.3. The van der Waals surface area contributed by atoms with Gasteiger partial charge in [0.15, 0.2) is 0 Å². The number of anilines is 1. The number of nitrogens with two attached hydrogens (primary N) is 1. The van der Waals surface area contributed by atoms with Gasteiger partial charge in [0.1, 0.15) is 0 Å². The second-order valence-corrected chi connectivity index (χ2v) is 7.26. The number of carbonyl (C=O) groups excluding carboxylic acids is 1. The number of nitrogens with one attached hydrogen (secondary N) is 1. The Morgan fingerprint density at radius 2 is 1.86 bits per heavy atom. The summed E-state index contributed by atoms with van der Waals surface area (Å²) >= 11 is 0. The van der Waals surface area contributed by atoms with E-state index in [1.54, 1.807) is 45.0 Å². The van der Waals surface area contributed by atoms with Crippen LogP contribution in [-0.2, 0) is 25.0 Å². The number of carbonyl (C=O) groups is 1. The number of primary amides is 1. The quantitative estimate of drug-likeness (QED) is 0.790. The molecule has 0 aromatic heterocycles. The average Bonchev–Trinajstić information content (AvgIpc) is 2.37. The topological polar surface area (TPSA) is 98.5 Å². The number of amides is 1. The summed E-state index contributed by atoms with van der Waals surface area (Å²) in [5, 5.41) is 0. The molecule has 118 valence electrons. The first-order chi connectivity index (χ1) is 9.58. The van der Waals surface area contributed by atoms with Gasteiger partial charge in [0, 0.05) is 12.8 Å². The SMILES string of the molecule is COC(C)CS(=O)(=O)Nc1ccc(C(C)(C)C(N)=O)cc1. The Hall–Kier alpha value is -1.60. The molecular formula is C14H22N2O4S. The van der Waals surface area contributed by atoms with Gasteiger partial charge in [-0.25, -0.2) is 8.42 Å². The van der Waals surface area contributed by atoms with E-state index in [0.29, 0.717) is 5.69 Å². The minimum Gasteiger partial charge on any atom is -0.381 e. The minimum atomic E-state index is -3.48. The summed E-state index contributed by atoms with van der Waals surface area (Å²) in [6.07, 6.45) is -0.393. The summed E-state index contributed by atoms with van der Waals surface area (Å²) in [7, 11) is -2.02. The second-order valence-electron chi connectivity index (χ2n) is 5.50. The van der Waals surface area contributed by atoms with Crippen LogP contribution >= 0.6 is 0 Å². The Labute approximate surface area is 125 Å². The van der Waals surface area contributed by atoms with E-state index >= 15 is 0 Å². The largest absolute Gasteiger partial charge is 0.381 e. The van der Waals surface area contributed by atoms with Crippen LogP contribution in [-0.4, -0.2) is 33.3 Å². The molecule has 0 spiro atoms. The highest BCUT2D eigenvalue weighted by molar-refractivity contribution is 7.92. The highest BCUT2D eigenvalue weighted by Crippen LogP contribution is 2.24. The van der Waals surface area contributed by atoms with Crippen LogP contribution < -0.4 is 10.5 Å². The Bertz CT molecular complexity index is 594. The van der Waals surface area contributed by atoms with Crippen LogP contribution in [0.1, 0.15) is 26.3 Å². The van der Waals surface area contributed by atoms with Crippen molar-refractivity contribution in [1.29, 1.82) is 0 Å². The number of benzene rings is 1. The van der Waals surface area contributed by atoms with Crippen molar-refractivity contribution in [2.24, 2.45) is 5.73 Å². The molecule has 6 nitrogen and oxygen atoms in total. The smallest absolute Gasteiger partial charge is 0.235 e. The van der Waals surface area contributed by atoms with E-state index in [4.69, 9.17) is 10.5 Å². The third kappa shape index (κ3) is 4.71. The number of sulfonamides is 1. The van der Waals surface area contributed by atoms with Gasteiger partial charge in [-0.2, -0.15) is 0 Å². The first kappa shape index (κ1) is 17.5. The van der Waals surface area contributed by atoms with Gasteiger partial charge >= 0.3 is 0 Å². The Morgan fingerprint density at radius 3 is 2.29 bits per heavy atom. The number of hydrogen-bond acceptors (Lipinski definition) is 4. The molecular weight excluding hydrogens is 292 g/mol. The fraction of sp³-hybridized carbons (Fsp3) is 0.500. The summed E-state index contributed by atoms with van der Waals surface area (Å²) in [4.78, 5) is 11.4. The average molecular weight is 314 g/mol. The van der Waals surface area contributed by atoms with Gasteiger partial charge in [0.2, 0.25) is 15.9 Å². The first-order valence-corrected chi connectivity index (χ1v) is 8.17. The predicted octanol–water partition coefficient (Wildman–Crippen LogP) is 1.23. The maximum Gasteiger partial charge on any atom is 0.235 e. The molecule has 0 bridgehead atoms. The van der Waals surface area contributed by atoms with E-state index in [0.717, 1.165) is 5.56 Å². The third-order valence-corrected chi connectivity index (χ3v) is 4.81. The van der Waals surface area contributed by atoms with E-state index in [9.17, 15) is 13.2 Å². The van der Waals surface area contributed by atoms with Crippen LogP contribution in [0.5, 0.6) is 0 Å². The van der Waals surface area contributed by atoms with E-state index in [1.165, 1.54) is 7.11 Å². The standard InChI is InChI=1S/C14H22N2O4S/c1-10(20-4)9-21(18,19)16-12-7-5-11(6-8-12)14(2,3)13(15)17/h5-8,10,16H,9H2,1-4H3,(H2,15,17). The lowest BCUT2D eigenvalue weighted by Gasteiger charge is -2.21. The predicted molar refractivity (Wildman–Crippen MR) is 82.5 cm³/mol. The highest BCUT2D eigenvalue weighted by atomic mass is 32.2. The molecule has 21 heavy (non-hydrogen) atoms. The first-order valence-electron chi connectivity index (χ1n) is 6.52. The maximum absolute atomic E-state index is 11.9. The van der Waals surface area contributed by atoms with Crippen molar-refractivity contribution >= 4 is 21.6 Å². The molecule has 1 atom stereocenters. The molecule has 0 aliphatic rings. The molecule has 3 N–H and O–H groups in total. The minimum absolute atomic E-state index is 0.127. The van der Waals surface area contributed by atoms with Gasteiger partial charge in [0.25, 0.3) is 0 Å². The monoisotopic (exact) mass is 314 g/mol. The molecule has 0 fully saturated rings. The van der Waals surface area contributed by atoms with Gasteiger partial charge in [-0.3, -0.25) is 9.52 Å². The molecule has 0 heterocycles. The van der Waals surface area contributed by atoms with Gasteiger partial charge in [0.05, 0.1) is 17.3 Å². The zero-order valence-electron chi connectivity index (χ0n) is 12.7. The number of hydrogen-bond donors (Lipinski definition) is 2. The van der Waals surface area contributed by atoms with Gasteiger partial charge in [-0.15, -0.1) is 0 Å². The van der Waals surface area contributed by atoms with Gasteiger partial charge in [-0.05, 0) is 38.5 Å².